The van der Waals surface area contributed by atoms with Gasteiger partial charge >= 0.3 is 0 Å². The Hall–Kier alpha value is -2.73. The highest BCUT2D eigenvalue weighted by molar-refractivity contribution is 5.73. The smallest absolute Gasteiger partial charge is 0.219 e. The van der Waals surface area contributed by atoms with Crippen molar-refractivity contribution in [1.82, 2.24) is 4.90 Å². The Bertz CT molecular complexity index is 728. The number of ether oxygens (including phenoxy) is 2. The molecule has 2 aromatic carbocycles. The fraction of sp³-hybridized carbons (Fsp3) is 0.350. The molecule has 1 amide bonds. The van der Waals surface area contributed by atoms with Crippen molar-refractivity contribution in [3.05, 3.63) is 54.1 Å². The van der Waals surface area contributed by atoms with E-state index < -0.39 is 6.79 Å². The van der Waals surface area contributed by atoms with Gasteiger partial charge in [-0.25, -0.2) is 0 Å². The summed E-state index contributed by atoms with van der Waals surface area (Å²) in [6, 6.07) is 15.6. The van der Waals surface area contributed by atoms with Gasteiger partial charge in [0.05, 0.1) is 0 Å². The number of amides is 1. The lowest BCUT2D eigenvalue weighted by atomic mass is 10.2. The highest BCUT2D eigenvalue weighted by Gasteiger charge is 2.20. The first-order chi connectivity index (χ1) is 12.7. The van der Waals surface area contributed by atoms with Gasteiger partial charge in [-0.05, 0) is 17.7 Å². The Labute approximate surface area is 153 Å². The minimum atomic E-state index is -0.413. The SMILES string of the molecule is CC(=O)N1CCN(c2ccc(OCc3ccccc3)c(OCO)c2)CC1. The van der Waals surface area contributed by atoms with Crippen LogP contribution in [-0.2, 0) is 11.4 Å². The van der Waals surface area contributed by atoms with E-state index in [9.17, 15) is 9.90 Å². The Balaban J connectivity index is 1.69. The van der Waals surface area contributed by atoms with E-state index in [0.29, 0.717) is 31.2 Å². The molecule has 0 aliphatic carbocycles. The summed E-state index contributed by atoms with van der Waals surface area (Å²) >= 11 is 0. The van der Waals surface area contributed by atoms with Crippen LogP contribution in [0, 0.1) is 0 Å². The number of piperazine rings is 1. The van der Waals surface area contributed by atoms with Crippen molar-refractivity contribution >= 4 is 11.6 Å². The first-order valence-electron chi connectivity index (χ1n) is 8.72. The number of hydrogen-bond acceptors (Lipinski definition) is 5. The maximum absolute atomic E-state index is 11.5. The number of rotatable bonds is 6. The minimum absolute atomic E-state index is 0.110. The normalized spacial score (nSPS) is 14.2. The lowest BCUT2D eigenvalue weighted by molar-refractivity contribution is -0.129. The van der Waals surface area contributed by atoms with Gasteiger partial charge in [-0.1, -0.05) is 30.3 Å². The molecule has 0 unspecified atom stereocenters. The molecule has 1 N–H and O–H groups in total. The average Bonchev–Trinajstić information content (AvgIpc) is 2.68. The van der Waals surface area contributed by atoms with Crippen molar-refractivity contribution in [2.24, 2.45) is 0 Å². The van der Waals surface area contributed by atoms with E-state index in [-0.39, 0.29) is 5.91 Å². The van der Waals surface area contributed by atoms with E-state index in [4.69, 9.17) is 9.47 Å². The Morgan fingerprint density at radius 1 is 1.00 bits per heavy atom. The number of nitrogens with zero attached hydrogens (tertiary/aromatic N) is 2. The summed E-state index contributed by atoms with van der Waals surface area (Å²) in [5, 5.41) is 9.19. The van der Waals surface area contributed by atoms with E-state index in [1.54, 1.807) is 6.92 Å². The average molecular weight is 356 g/mol. The molecule has 1 heterocycles. The minimum Gasteiger partial charge on any atom is -0.485 e. The topological polar surface area (TPSA) is 62.2 Å². The third-order valence-corrected chi connectivity index (χ3v) is 4.47. The molecule has 2 aromatic rings. The van der Waals surface area contributed by atoms with Crippen LogP contribution in [0.3, 0.4) is 0 Å². The lowest BCUT2D eigenvalue weighted by Crippen LogP contribution is -2.48. The van der Waals surface area contributed by atoms with Crippen LogP contribution in [0.4, 0.5) is 5.69 Å². The lowest BCUT2D eigenvalue weighted by Gasteiger charge is -2.35. The van der Waals surface area contributed by atoms with Crippen molar-refractivity contribution in [1.29, 1.82) is 0 Å². The van der Waals surface area contributed by atoms with Crippen molar-refractivity contribution < 1.29 is 19.4 Å². The Morgan fingerprint density at radius 3 is 2.38 bits per heavy atom. The number of hydrogen-bond donors (Lipinski definition) is 1. The summed E-state index contributed by atoms with van der Waals surface area (Å²) in [6.07, 6.45) is 0. The largest absolute Gasteiger partial charge is 0.485 e. The van der Waals surface area contributed by atoms with Gasteiger partial charge in [-0.15, -0.1) is 0 Å². The Morgan fingerprint density at radius 2 is 1.73 bits per heavy atom. The predicted molar refractivity (Wildman–Crippen MR) is 99.4 cm³/mol. The van der Waals surface area contributed by atoms with Crippen LogP contribution < -0.4 is 14.4 Å². The van der Waals surface area contributed by atoms with Gasteiger partial charge in [0.15, 0.2) is 18.3 Å². The highest BCUT2D eigenvalue weighted by atomic mass is 16.6. The standard InChI is InChI=1S/C20H24N2O4/c1-16(24)21-9-11-22(12-10-21)18-7-8-19(20(13-18)26-15-23)25-14-17-5-3-2-4-6-17/h2-8,13,23H,9-12,14-15H2,1H3. The van der Waals surface area contributed by atoms with Crippen LogP contribution in [0.25, 0.3) is 0 Å². The van der Waals surface area contributed by atoms with Crippen molar-refractivity contribution in [3.63, 3.8) is 0 Å². The maximum Gasteiger partial charge on any atom is 0.219 e. The summed E-state index contributed by atoms with van der Waals surface area (Å²) in [5.74, 6) is 1.21. The molecular formula is C20H24N2O4. The van der Waals surface area contributed by atoms with E-state index >= 15 is 0 Å². The molecule has 1 fully saturated rings. The van der Waals surface area contributed by atoms with E-state index in [1.165, 1.54) is 0 Å². The predicted octanol–water partition coefficient (Wildman–Crippen LogP) is 2.26. The van der Waals surface area contributed by atoms with E-state index in [0.717, 1.165) is 24.3 Å². The highest BCUT2D eigenvalue weighted by Crippen LogP contribution is 2.33. The molecular weight excluding hydrogens is 332 g/mol. The van der Waals surface area contributed by atoms with Crippen molar-refractivity contribution in [2.45, 2.75) is 13.5 Å². The molecule has 138 valence electrons. The summed E-state index contributed by atoms with van der Waals surface area (Å²) < 4.78 is 11.2. The molecule has 6 nitrogen and oxygen atoms in total. The van der Waals surface area contributed by atoms with Crippen LogP contribution in [0.2, 0.25) is 0 Å². The number of aliphatic hydroxyl groups excluding tert-OH is 1. The van der Waals surface area contributed by atoms with E-state index in [1.807, 2.05) is 53.4 Å². The maximum atomic E-state index is 11.5. The molecule has 0 bridgehead atoms. The Kier molecular flexibility index (Phi) is 5.96. The molecule has 6 heteroatoms. The monoisotopic (exact) mass is 356 g/mol. The van der Waals surface area contributed by atoms with Gasteiger partial charge < -0.3 is 24.4 Å². The first-order valence-corrected chi connectivity index (χ1v) is 8.72. The number of aliphatic hydroxyl groups is 1. The molecule has 3 rings (SSSR count). The van der Waals surface area contributed by atoms with Gasteiger partial charge in [-0.3, -0.25) is 4.79 Å². The van der Waals surface area contributed by atoms with Gasteiger partial charge in [0.25, 0.3) is 0 Å². The molecule has 1 aliphatic rings. The van der Waals surface area contributed by atoms with Crippen LogP contribution in [-0.4, -0.2) is 48.9 Å². The zero-order chi connectivity index (χ0) is 18.4. The molecule has 0 saturated carbocycles. The summed E-state index contributed by atoms with van der Waals surface area (Å²) in [4.78, 5) is 15.5. The van der Waals surface area contributed by atoms with Gasteiger partial charge in [0, 0.05) is 44.9 Å². The van der Waals surface area contributed by atoms with Gasteiger partial charge in [-0.2, -0.15) is 0 Å². The first kappa shape index (κ1) is 18.1. The molecule has 0 aromatic heterocycles. The van der Waals surface area contributed by atoms with Gasteiger partial charge in [0.2, 0.25) is 5.91 Å². The zero-order valence-electron chi connectivity index (χ0n) is 14.9. The fourth-order valence-corrected chi connectivity index (χ4v) is 3.01. The third-order valence-electron chi connectivity index (χ3n) is 4.47. The molecule has 0 radical (unpaired) electrons. The number of carbonyl (C=O) groups excluding carboxylic acids is 1. The second-order valence-corrected chi connectivity index (χ2v) is 6.17. The molecule has 26 heavy (non-hydrogen) atoms. The van der Waals surface area contributed by atoms with Crippen LogP contribution >= 0.6 is 0 Å². The van der Waals surface area contributed by atoms with Crippen molar-refractivity contribution in [2.75, 3.05) is 37.9 Å². The van der Waals surface area contributed by atoms with E-state index in [2.05, 4.69) is 4.90 Å². The summed E-state index contributed by atoms with van der Waals surface area (Å²) in [5.41, 5.74) is 2.05. The number of benzene rings is 2. The fourth-order valence-electron chi connectivity index (χ4n) is 3.01. The molecule has 0 atom stereocenters. The van der Waals surface area contributed by atoms with Crippen molar-refractivity contribution in [3.8, 4) is 11.5 Å². The number of anilines is 1. The van der Waals surface area contributed by atoms with Crippen LogP contribution in [0.15, 0.2) is 48.5 Å². The molecule has 1 saturated heterocycles. The summed E-state index contributed by atoms with van der Waals surface area (Å²) in [7, 11) is 0. The zero-order valence-corrected chi connectivity index (χ0v) is 14.9. The molecule has 0 spiro atoms. The second-order valence-electron chi connectivity index (χ2n) is 6.17. The molecule has 1 aliphatic heterocycles. The number of carbonyl (C=O) groups is 1. The van der Waals surface area contributed by atoms with Crippen LogP contribution in [0.5, 0.6) is 11.5 Å². The summed E-state index contributed by atoms with van der Waals surface area (Å²) in [6.45, 7) is 4.56. The quantitative estimate of drug-likeness (QED) is 0.805. The second kappa shape index (κ2) is 8.58. The third kappa shape index (κ3) is 4.46. The van der Waals surface area contributed by atoms with Gasteiger partial charge in [0.1, 0.15) is 6.61 Å². The van der Waals surface area contributed by atoms with Crippen LogP contribution in [0.1, 0.15) is 12.5 Å².